The molecule has 0 aromatic heterocycles. The van der Waals surface area contributed by atoms with Crippen molar-refractivity contribution in [2.24, 2.45) is 0 Å². The number of hydrogen-bond acceptors (Lipinski definition) is 3. The van der Waals surface area contributed by atoms with Crippen molar-refractivity contribution in [3.8, 4) is 0 Å². The van der Waals surface area contributed by atoms with Gasteiger partial charge in [-0.25, -0.2) is 4.79 Å². The minimum absolute atomic E-state index is 0.188. The van der Waals surface area contributed by atoms with Gasteiger partial charge >= 0.3 is 6.09 Å². The van der Waals surface area contributed by atoms with Gasteiger partial charge in [0.15, 0.2) is 0 Å². The molecule has 21 heavy (non-hydrogen) atoms. The van der Waals surface area contributed by atoms with Gasteiger partial charge in [0.2, 0.25) is 0 Å². The highest BCUT2D eigenvalue weighted by Crippen LogP contribution is 2.35. The number of carbonyl (C=O) groups excluding carboxylic acids is 1. The van der Waals surface area contributed by atoms with Crippen molar-refractivity contribution >= 4 is 29.3 Å². The van der Waals surface area contributed by atoms with E-state index in [1.807, 2.05) is 6.07 Å². The number of ether oxygens (including phenoxy) is 1. The van der Waals surface area contributed by atoms with E-state index < -0.39 is 17.9 Å². The third-order valence-corrected chi connectivity index (χ3v) is 4.10. The quantitative estimate of drug-likeness (QED) is 0.844. The van der Waals surface area contributed by atoms with Crippen LogP contribution in [-0.4, -0.2) is 34.5 Å². The van der Waals surface area contributed by atoms with Gasteiger partial charge in [0.05, 0.1) is 10.0 Å². The molecule has 4 nitrogen and oxygen atoms in total. The average molecular weight is 332 g/mol. The highest BCUT2D eigenvalue weighted by atomic mass is 35.5. The molecule has 1 aliphatic rings. The zero-order valence-corrected chi connectivity index (χ0v) is 13.8. The summed E-state index contributed by atoms with van der Waals surface area (Å²) in [7, 11) is 0. The lowest BCUT2D eigenvalue weighted by Crippen LogP contribution is -2.40. The molecular formula is C15H19Cl2NO3. The van der Waals surface area contributed by atoms with Crippen LogP contribution in [0.1, 0.15) is 38.7 Å². The number of hydrogen-bond donors (Lipinski definition) is 1. The summed E-state index contributed by atoms with van der Waals surface area (Å²) in [6, 6.07) is 5.25. The van der Waals surface area contributed by atoms with Gasteiger partial charge in [-0.05, 0) is 44.9 Å². The first-order valence-corrected chi connectivity index (χ1v) is 7.57. The van der Waals surface area contributed by atoms with Crippen LogP contribution in [0, 0.1) is 0 Å². The van der Waals surface area contributed by atoms with Gasteiger partial charge in [0.25, 0.3) is 0 Å². The molecule has 0 spiro atoms. The van der Waals surface area contributed by atoms with E-state index in [0.29, 0.717) is 23.0 Å². The van der Waals surface area contributed by atoms with E-state index in [-0.39, 0.29) is 5.92 Å². The number of likely N-dealkylation sites (tertiary alicyclic amines) is 1. The SMILES string of the molecule is CC(C)(C)OC(=O)N1CCC(c2ccc(Cl)c(Cl)c2)[C@@H]1O. The van der Waals surface area contributed by atoms with E-state index in [4.69, 9.17) is 27.9 Å². The molecule has 0 saturated carbocycles. The van der Waals surface area contributed by atoms with E-state index in [1.54, 1.807) is 32.9 Å². The second-order valence-corrected chi connectivity index (χ2v) is 6.97. The Morgan fingerprint density at radius 1 is 1.33 bits per heavy atom. The number of benzene rings is 1. The molecule has 0 radical (unpaired) electrons. The van der Waals surface area contributed by atoms with Crippen molar-refractivity contribution in [3.05, 3.63) is 33.8 Å². The molecule has 1 unspecified atom stereocenters. The van der Waals surface area contributed by atoms with Crippen LogP contribution in [0.3, 0.4) is 0 Å². The minimum atomic E-state index is -0.919. The molecule has 0 bridgehead atoms. The highest BCUT2D eigenvalue weighted by Gasteiger charge is 2.38. The van der Waals surface area contributed by atoms with E-state index in [1.165, 1.54) is 4.90 Å². The summed E-state index contributed by atoms with van der Waals surface area (Å²) in [6.07, 6.45) is -0.770. The largest absolute Gasteiger partial charge is 0.444 e. The summed E-state index contributed by atoms with van der Waals surface area (Å²) in [5, 5.41) is 11.3. The van der Waals surface area contributed by atoms with Crippen LogP contribution in [0.15, 0.2) is 18.2 Å². The van der Waals surface area contributed by atoms with Crippen molar-refractivity contribution in [2.45, 2.75) is 44.9 Å². The van der Waals surface area contributed by atoms with Crippen LogP contribution in [0.4, 0.5) is 4.79 Å². The maximum absolute atomic E-state index is 12.1. The number of amides is 1. The van der Waals surface area contributed by atoms with Crippen LogP contribution in [0.25, 0.3) is 0 Å². The Balaban J connectivity index is 2.12. The number of nitrogens with zero attached hydrogens (tertiary/aromatic N) is 1. The molecule has 6 heteroatoms. The first-order valence-electron chi connectivity index (χ1n) is 6.81. The Labute approximate surface area is 134 Å². The van der Waals surface area contributed by atoms with Crippen LogP contribution < -0.4 is 0 Å². The van der Waals surface area contributed by atoms with Crippen molar-refractivity contribution in [3.63, 3.8) is 0 Å². The molecular weight excluding hydrogens is 313 g/mol. The number of aliphatic hydroxyl groups excluding tert-OH is 1. The number of rotatable bonds is 1. The van der Waals surface area contributed by atoms with E-state index in [0.717, 1.165) is 5.56 Å². The molecule has 1 aromatic rings. The normalized spacial score (nSPS) is 22.5. The maximum atomic E-state index is 12.1. The van der Waals surface area contributed by atoms with Gasteiger partial charge < -0.3 is 9.84 Å². The predicted octanol–water partition coefficient (Wildman–Crippen LogP) is 4.04. The van der Waals surface area contributed by atoms with Gasteiger partial charge in [-0.2, -0.15) is 0 Å². The molecule has 1 heterocycles. The molecule has 2 atom stereocenters. The van der Waals surface area contributed by atoms with Gasteiger partial charge in [0, 0.05) is 12.5 Å². The second-order valence-electron chi connectivity index (χ2n) is 6.16. The maximum Gasteiger partial charge on any atom is 0.412 e. The third-order valence-electron chi connectivity index (χ3n) is 3.36. The van der Waals surface area contributed by atoms with Crippen LogP contribution in [0.5, 0.6) is 0 Å². The summed E-state index contributed by atoms with van der Waals surface area (Å²) < 4.78 is 5.30. The van der Waals surface area contributed by atoms with Crippen molar-refractivity contribution in [1.29, 1.82) is 0 Å². The molecule has 1 aliphatic heterocycles. The fourth-order valence-electron chi connectivity index (χ4n) is 2.38. The molecule has 1 aromatic carbocycles. The fraction of sp³-hybridized carbons (Fsp3) is 0.533. The topological polar surface area (TPSA) is 49.8 Å². The summed E-state index contributed by atoms with van der Waals surface area (Å²) in [5.41, 5.74) is 0.279. The Hall–Kier alpha value is -0.970. The van der Waals surface area contributed by atoms with Crippen LogP contribution in [-0.2, 0) is 4.74 Å². The van der Waals surface area contributed by atoms with Gasteiger partial charge in [-0.1, -0.05) is 29.3 Å². The highest BCUT2D eigenvalue weighted by molar-refractivity contribution is 6.42. The molecule has 1 amide bonds. The van der Waals surface area contributed by atoms with Crippen LogP contribution in [0.2, 0.25) is 10.0 Å². The Bertz CT molecular complexity index is 542. The zero-order chi connectivity index (χ0) is 15.8. The first kappa shape index (κ1) is 16.4. The van der Waals surface area contributed by atoms with E-state index in [2.05, 4.69) is 0 Å². The Morgan fingerprint density at radius 3 is 2.57 bits per heavy atom. The average Bonchev–Trinajstić information content (AvgIpc) is 2.73. The number of halogens is 2. The Morgan fingerprint density at radius 2 is 2.00 bits per heavy atom. The molecule has 2 rings (SSSR count). The lowest BCUT2D eigenvalue weighted by Gasteiger charge is -2.27. The monoisotopic (exact) mass is 331 g/mol. The molecule has 0 aliphatic carbocycles. The predicted molar refractivity (Wildman–Crippen MR) is 82.8 cm³/mol. The lowest BCUT2D eigenvalue weighted by molar-refractivity contribution is -0.0172. The number of aliphatic hydroxyl groups is 1. The summed E-state index contributed by atoms with van der Waals surface area (Å²) >= 11 is 11.9. The molecule has 1 saturated heterocycles. The lowest BCUT2D eigenvalue weighted by atomic mass is 9.97. The summed E-state index contributed by atoms with van der Waals surface area (Å²) in [4.78, 5) is 13.4. The molecule has 116 valence electrons. The number of carbonyl (C=O) groups is 1. The van der Waals surface area contributed by atoms with E-state index in [9.17, 15) is 9.90 Å². The molecule has 1 N–H and O–H groups in total. The third kappa shape index (κ3) is 3.82. The zero-order valence-electron chi connectivity index (χ0n) is 12.3. The van der Waals surface area contributed by atoms with Crippen LogP contribution >= 0.6 is 23.2 Å². The fourth-order valence-corrected chi connectivity index (χ4v) is 2.68. The van der Waals surface area contributed by atoms with Gasteiger partial charge in [-0.3, -0.25) is 4.90 Å². The van der Waals surface area contributed by atoms with Gasteiger partial charge in [-0.15, -0.1) is 0 Å². The minimum Gasteiger partial charge on any atom is -0.444 e. The van der Waals surface area contributed by atoms with Crippen molar-refractivity contribution in [1.82, 2.24) is 4.90 Å². The summed E-state index contributed by atoms with van der Waals surface area (Å²) in [6.45, 7) is 5.83. The smallest absolute Gasteiger partial charge is 0.412 e. The van der Waals surface area contributed by atoms with Crippen molar-refractivity contribution in [2.75, 3.05) is 6.54 Å². The van der Waals surface area contributed by atoms with E-state index >= 15 is 0 Å². The Kier molecular flexibility index (Phi) is 4.71. The van der Waals surface area contributed by atoms with Crippen molar-refractivity contribution < 1.29 is 14.6 Å². The summed E-state index contributed by atoms with van der Waals surface area (Å²) in [5.74, 6) is -0.188. The molecule has 1 fully saturated rings. The first-order chi connectivity index (χ1) is 9.69. The standard InChI is InChI=1S/C15H19Cl2NO3/c1-15(2,3)21-14(20)18-7-6-10(13(18)19)9-4-5-11(16)12(17)8-9/h4-5,8,10,13,19H,6-7H2,1-3H3/t10?,13-/m0/s1. The second kappa shape index (κ2) is 6.03. The van der Waals surface area contributed by atoms with Gasteiger partial charge in [0.1, 0.15) is 11.8 Å².